The average Bonchev–Trinajstić information content (AvgIpc) is 2.16. The summed E-state index contributed by atoms with van der Waals surface area (Å²) >= 11 is 0. The van der Waals surface area contributed by atoms with Crippen LogP contribution in [0.4, 0.5) is 0 Å². The van der Waals surface area contributed by atoms with Gasteiger partial charge in [0, 0.05) is 5.57 Å². The van der Waals surface area contributed by atoms with E-state index < -0.39 is 0 Å². The molecule has 0 saturated heterocycles. The Balaban J connectivity index is 2.50. The number of rotatable bonds is 3. The van der Waals surface area contributed by atoms with E-state index in [9.17, 15) is 4.79 Å². The fraction of sp³-hybridized carbons (Fsp3) is 0.250. The van der Waals surface area contributed by atoms with E-state index in [2.05, 4.69) is 6.58 Å². The van der Waals surface area contributed by atoms with Crippen LogP contribution in [0.15, 0.2) is 36.4 Å². The second kappa shape index (κ2) is 4.61. The van der Waals surface area contributed by atoms with Gasteiger partial charge in [0.15, 0.2) is 0 Å². The molecule has 0 aliphatic rings. The number of esters is 1. The van der Waals surface area contributed by atoms with Crippen LogP contribution < -0.4 is 0 Å². The minimum Gasteiger partial charge on any atom is -0.457 e. The molecular weight excluding hydrogens is 176 g/mol. The summed E-state index contributed by atoms with van der Waals surface area (Å²) in [7, 11) is 0. The zero-order valence-electron chi connectivity index (χ0n) is 8.54. The van der Waals surface area contributed by atoms with Gasteiger partial charge in [0.2, 0.25) is 0 Å². The summed E-state index contributed by atoms with van der Waals surface area (Å²) in [5, 5.41) is 0. The molecule has 74 valence electrons. The summed E-state index contributed by atoms with van der Waals surface area (Å²) in [4.78, 5) is 11.1. The topological polar surface area (TPSA) is 26.3 Å². The van der Waals surface area contributed by atoms with E-state index in [1.807, 2.05) is 31.2 Å². The Morgan fingerprint density at radius 1 is 1.36 bits per heavy atom. The van der Waals surface area contributed by atoms with Gasteiger partial charge < -0.3 is 4.74 Å². The van der Waals surface area contributed by atoms with E-state index in [-0.39, 0.29) is 5.97 Å². The lowest BCUT2D eigenvalue weighted by Crippen LogP contribution is -2.04. The Bertz CT molecular complexity index is 336. The van der Waals surface area contributed by atoms with Gasteiger partial charge in [-0.15, -0.1) is 0 Å². The van der Waals surface area contributed by atoms with Crippen LogP contribution in [0.3, 0.4) is 0 Å². The molecule has 0 fully saturated rings. The molecule has 0 atom stereocenters. The predicted octanol–water partition coefficient (Wildman–Crippen LogP) is 2.61. The maximum Gasteiger partial charge on any atom is 0.333 e. The smallest absolute Gasteiger partial charge is 0.333 e. The first-order chi connectivity index (χ1) is 6.59. The van der Waals surface area contributed by atoms with Crippen molar-refractivity contribution >= 4 is 5.97 Å². The molecule has 1 aromatic carbocycles. The SMILES string of the molecule is C=C(C)C(=O)OCc1ccc(C)cc1. The Hall–Kier alpha value is -1.57. The van der Waals surface area contributed by atoms with Crippen LogP contribution in [0.5, 0.6) is 0 Å². The van der Waals surface area contributed by atoms with Crippen molar-refractivity contribution in [3.8, 4) is 0 Å². The summed E-state index contributed by atoms with van der Waals surface area (Å²) in [6.07, 6.45) is 0. The van der Waals surface area contributed by atoms with Gasteiger partial charge in [-0.3, -0.25) is 0 Å². The van der Waals surface area contributed by atoms with E-state index in [0.717, 1.165) is 5.56 Å². The average molecular weight is 190 g/mol. The Morgan fingerprint density at radius 3 is 2.43 bits per heavy atom. The summed E-state index contributed by atoms with van der Waals surface area (Å²) in [5.41, 5.74) is 2.61. The lowest BCUT2D eigenvalue weighted by Gasteiger charge is -2.04. The molecule has 0 spiro atoms. The molecule has 0 aromatic heterocycles. The van der Waals surface area contributed by atoms with Crippen LogP contribution in [0, 0.1) is 6.92 Å². The highest BCUT2D eigenvalue weighted by Crippen LogP contribution is 2.05. The normalized spacial score (nSPS) is 9.57. The molecule has 0 aliphatic carbocycles. The first-order valence-corrected chi connectivity index (χ1v) is 4.48. The van der Waals surface area contributed by atoms with E-state index in [4.69, 9.17) is 4.74 Å². The molecule has 0 amide bonds. The standard InChI is InChI=1S/C12H14O2/c1-9(2)12(13)14-8-11-6-4-10(3)5-7-11/h4-7H,1,8H2,2-3H3. The number of carbonyl (C=O) groups is 1. The predicted molar refractivity (Wildman–Crippen MR) is 55.8 cm³/mol. The van der Waals surface area contributed by atoms with Gasteiger partial charge >= 0.3 is 5.97 Å². The van der Waals surface area contributed by atoms with Crippen molar-refractivity contribution in [1.82, 2.24) is 0 Å². The van der Waals surface area contributed by atoms with Gasteiger partial charge in [-0.05, 0) is 19.4 Å². The van der Waals surface area contributed by atoms with Crippen molar-refractivity contribution < 1.29 is 9.53 Å². The highest BCUT2D eigenvalue weighted by Gasteiger charge is 2.02. The third-order valence-electron chi connectivity index (χ3n) is 1.84. The van der Waals surface area contributed by atoms with E-state index in [0.29, 0.717) is 12.2 Å². The van der Waals surface area contributed by atoms with Gasteiger partial charge in [-0.2, -0.15) is 0 Å². The van der Waals surface area contributed by atoms with E-state index in [1.165, 1.54) is 5.56 Å². The first kappa shape index (κ1) is 10.5. The van der Waals surface area contributed by atoms with Crippen molar-refractivity contribution in [1.29, 1.82) is 0 Å². The van der Waals surface area contributed by atoms with Crippen molar-refractivity contribution in [3.63, 3.8) is 0 Å². The quantitative estimate of drug-likeness (QED) is 0.541. The summed E-state index contributed by atoms with van der Waals surface area (Å²) < 4.78 is 4.99. The van der Waals surface area contributed by atoms with Crippen molar-refractivity contribution in [2.24, 2.45) is 0 Å². The Labute approximate surface area is 84.2 Å². The first-order valence-electron chi connectivity index (χ1n) is 4.48. The maximum absolute atomic E-state index is 11.1. The second-order valence-electron chi connectivity index (χ2n) is 3.34. The molecule has 0 bridgehead atoms. The van der Waals surface area contributed by atoms with Gasteiger partial charge in [-0.1, -0.05) is 36.4 Å². The fourth-order valence-corrected chi connectivity index (χ4v) is 0.956. The minimum atomic E-state index is -0.342. The van der Waals surface area contributed by atoms with Crippen molar-refractivity contribution in [2.75, 3.05) is 0 Å². The van der Waals surface area contributed by atoms with Crippen LogP contribution in [-0.2, 0) is 16.1 Å². The number of aryl methyl sites for hydroxylation is 1. The lowest BCUT2D eigenvalue weighted by molar-refractivity contribution is -0.140. The van der Waals surface area contributed by atoms with Crippen LogP contribution in [0.1, 0.15) is 18.1 Å². The molecule has 0 unspecified atom stereocenters. The zero-order chi connectivity index (χ0) is 10.6. The number of hydrogen-bond acceptors (Lipinski definition) is 2. The largest absolute Gasteiger partial charge is 0.457 e. The van der Waals surface area contributed by atoms with Crippen LogP contribution >= 0.6 is 0 Å². The van der Waals surface area contributed by atoms with Gasteiger partial charge in [-0.25, -0.2) is 4.79 Å². The van der Waals surface area contributed by atoms with Crippen molar-refractivity contribution in [3.05, 3.63) is 47.5 Å². The molecule has 0 heterocycles. The molecule has 2 nitrogen and oxygen atoms in total. The molecule has 0 N–H and O–H groups in total. The molecule has 0 aliphatic heterocycles. The van der Waals surface area contributed by atoms with Gasteiger partial charge in [0.25, 0.3) is 0 Å². The third-order valence-corrected chi connectivity index (χ3v) is 1.84. The fourth-order valence-electron chi connectivity index (χ4n) is 0.956. The number of hydrogen-bond donors (Lipinski definition) is 0. The van der Waals surface area contributed by atoms with E-state index >= 15 is 0 Å². The number of carbonyl (C=O) groups excluding carboxylic acids is 1. The molecule has 14 heavy (non-hydrogen) atoms. The van der Waals surface area contributed by atoms with Crippen LogP contribution in [0.2, 0.25) is 0 Å². The second-order valence-corrected chi connectivity index (χ2v) is 3.34. The molecule has 2 heteroatoms. The number of benzene rings is 1. The molecule has 0 saturated carbocycles. The van der Waals surface area contributed by atoms with Crippen molar-refractivity contribution in [2.45, 2.75) is 20.5 Å². The highest BCUT2D eigenvalue weighted by atomic mass is 16.5. The number of ether oxygens (including phenoxy) is 1. The molecule has 1 rings (SSSR count). The van der Waals surface area contributed by atoms with E-state index in [1.54, 1.807) is 6.92 Å². The lowest BCUT2D eigenvalue weighted by atomic mass is 10.2. The minimum absolute atomic E-state index is 0.311. The Morgan fingerprint density at radius 2 is 1.93 bits per heavy atom. The summed E-state index contributed by atoms with van der Waals surface area (Å²) in [6, 6.07) is 7.87. The Kier molecular flexibility index (Phi) is 3.46. The highest BCUT2D eigenvalue weighted by molar-refractivity contribution is 5.86. The molecule has 1 aromatic rings. The van der Waals surface area contributed by atoms with Crippen LogP contribution in [-0.4, -0.2) is 5.97 Å². The monoisotopic (exact) mass is 190 g/mol. The van der Waals surface area contributed by atoms with Crippen LogP contribution in [0.25, 0.3) is 0 Å². The maximum atomic E-state index is 11.1. The third kappa shape index (κ3) is 3.05. The summed E-state index contributed by atoms with van der Waals surface area (Å²) in [6.45, 7) is 7.47. The van der Waals surface area contributed by atoms with Gasteiger partial charge in [0.1, 0.15) is 6.61 Å². The molecular formula is C12H14O2. The molecule has 0 radical (unpaired) electrons. The van der Waals surface area contributed by atoms with Gasteiger partial charge in [0.05, 0.1) is 0 Å². The zero-order valence-corrected chi connectivity index (χ0v) is 8.54. The summed E-state index contributed by atoms with van der Waals surface area (Å²) in [5.74, 6) is -0.342.